The smallest absolute Gasteiger partial charge is 0.302 e. The van der Waals surface area contributed by atoms with E-state index in [-0.39, 0.29) is 18.4 Å². The number of carbonyl (C=O) groups is 1. The van der Waals surface area contributed by atoms with Crippen LogP contribution in [0.25, 0.3) is 0 Å². The number of hydrogen-bond acceptors (Lipinski definition) is 3. The van der Waals surface area contributed by atoms with E-state index in [0.29, 0.717) is 6.61 Å². The van der Waals surface area contributed by atoms with E-state index in [9.17, 15) is 4.79 Å². The lowest BCUT2D eigenvalue weighted by molar-refractivity contribution is -0.140. The Morgan fingerprint density at radius 3 is 2.00 bits per heavy atom. The number of carbonyl (C=O) groups excluding carboxylic acids is 1. The summed E-state index contributed by atoms with van der Waals surface area (Å²) in [6.07, 6.45) is 0. The Hall–Kier alpha value is -1.22. The van der Waals surface area contributed by atoms with Gasteiger partial charge in [0, 0.05) is 6.92 Å². The minimum absolute atomic E-state index is 0. The average Bonchev–Trinajstić information content (AvgIpc) is 2.20. The van der Waals surface area contributed by atoms with Gasteiger partial charge in [0.25, 0.3) is 0 Å². The maximum Gasteiger partial charge on any atom is 0.302 e. The van der Waals surface area contributed by atoms with E-state index in [1.165, 1.54) is 6.92 Å². The van der Waals surface area contributed by atoms with Crippen LogP contribution in [-0.4, -0.2) is 19.7 Å². The summed E-state index contributed by atoms with van der Waals surface area (Å²) in [6, 6.07) is 9.68. The van der Waals surface area contributed by atoms with Crippen molar-refractivity contribution in [3.63, 3.8) is 0 Å². The van der Waals surface area contributed by atoms with Gasteiger partial charge < -0.3 is 9.47 Å². The topological polar surface area (TPSA) is 35.5 Å². The molecule has 0 aliphatic rings. The van der Waals surface area contributed by atoms with Crippen LogP contribution in [0.1, 0.15) is 13.8 Å². The Morgan fingerprint density at radius 2 is 1.80 bits per heavy atom. The predicted octanol–water partition coefficient (Wildman–Crippen LogP) is 2.69. The molecule has 0 heterocycles. The van der Waals surface area contributed by atoms with Gasteiger partial charge in [0.05, 0.1) is 13.7 Å². The SMILES string of the molecule is CCOC(C)=O.COc1ccccc1.Cl. The zero-order valence-corrected chi connectivity index (χ0v) is 10.0. The number of hydrogen-bond donors (Lipinski definition) is 0. The molecule has 0 saturated carbocycles. The summed E-state index contributed by atoms with van der Waals surface area (Å²) in [5.74, 6) is 0.699. The predicted molar refractivity (Wildman–Crippen MR) is 62.5 cm³/mol. The van der Waals surface area contributed by atoms with Crippen molar-refractivity contribution in [2.24, 2.45) is 0 Å². The van der Waals surface area contributed by atoms with Crippen molar-refractivity contribution in [1.82, 2.24) is 0 Å². The second-order valence-corrected chi connectivity index (χ2v) is 2.44. The van der Waals surface area contributed by atoms with Gasteiger partial charge in [-0.1, -0.05) is 18.2 Å². The molecule has 1 aromatic carbocycles. The van der Waals surface area contributed by atoms with Crippen molar-refractivity contribution in [3.8, 4) is 5.75 Å². The van der Waals surface area contributed by atoms with E-state index >= 15 is 0 Å². The summed E-state index contributed by atoms with van der Waals surface area (Å²) in [7, 11) is 1.66. The molecular weight excluding hydrogens is 216 g/mol. The Kier molecular flexibility index (Phi) is 11.7. The third-order valence-electron chi connectivity index (χ3n) is 1.33. The molecule has 0 radical (unpaired) electrons. The largest absolute Gasteiger partial charge is 0.497 e. The molecular formula is C11H17ClO3. The van der Waals surface area contributed by atoms with Crippen LogP contribution < -0.4 is 4.74 Å². The summed E-state index contributed by atoms with van der Waals surface area (Å²) in [6.45, 7) is 3.65. The first kappa shape index (κ1) is 16.2. The summed E-state index contributed by atoms with van der Waals surface area (Å²) < 4.78 is 9.32. The van der Waals surface area contributed by atoms with Crippen molar-refractivity contribution in [1.29, 1.82) is 0 Å². The van der Waals surface area contributed by atoms with Gasteiger partial charge in [0.1, 0.15) is 5.75 Å². The molecule has 3 nitrogen and oxygen atoms in total. The van der Waals surface area contributed by atoms with Crippen molar-refractivity contribution in [2.45, 2.75) is 13.8 Å². The van der Waals surface area contributed by atoms with Gasteiger partial charge in [-0.25, -0.2) is 0 Å². The number of benzene rings is 1. The van der Waals surface area contributed by atoms with Gasteiger partial charge in [0.15, 0.2) is 0 Å². The van der Waals surface area contributed by atoms with Crippen LogP contribution in [0.4, 0.5) is 0 Å². The van der Waals surface area contributed by atoms with E-state index in [4.69, 9.17) is 4.74 Å². The summed E-state index contributed by atoms with van der Waals surface area (Å²) in [5, 5.41) is 0. The number of rotatable bonds is 2. The fourth-order valence-corrected chi connectivity index (χ4v) is 0.760. The molecule has 0 amide bonds. The lowest BCUT2D eigenvalue weighted by atomic mass is 10.3. The molecule has 0 aliphatic heterocycles. The Bertz CT molecular complexity index is 249. The molecule has 4 heteroatoms. The molecule has 0 unspecified atom stereocenters. The van der Waals surface area contributed by atoms with E-state index in [2.05, 4.69) is 4.74 Å². The van der Waals surface area contributed by atoms with Gasteiger partial charge in [-0.15, -0.1) is 12.4 Å². The van der Waals surface area contributed by atoms with Crippen molar-refractivity contribution >= 4 is 18.4 Å². The van der Waals surface area contributed by atoms with Gasteiger partial charge in [-0.2, -0.15) is 0 Å². The normalized spacial score (nSPS) is 7.67. The summed E-state index contributed by atoms with van der Waals surface area (Å²) in [5.41, 5.74) is 0. The minimum Gasteiger partial charge on any atom is -0.497 e. The number of esters is 1. The molecule has 0 aromatic heterocycles. The third kappa shape index (κ3) is 10.7. The third-order valence-corrected chi connectivity index (χ3v) is 1.33. The highest BCUT2D eigenvalue weighted by atomic mass is 35.5. The van der Waals surface area contributed by atoms with Gasteiger partial charge in [-0.3, -0.25) is 4.79 Å². The molecule has 0 N–H and O–H groups in total. The van der Waals surface area contributed by atoms with E-state index in [1.807, 2.05) is 30.3 Å². The van der Waals surface area contributed by atoms with E-state index in [1.54, 1.807) is 14.0 Å². The molecule has 0 saturated heterocycles. The first-order chi connectivity index (χ1) is 6.70. The average molecular weight is 233 g/mol. The molecule has 0 spiro atoms. The quantitative estimate of drug-likeness (QED) is 0.736. The number of para-hydroxylation sites is 1. The van der Waals surface area contributed by atoms with Crippen LogP contribution in [0.2, 0.25) is 0 Å². The number of methoxy groups -OCH3 is 1. The lowest BCUT2D eigenvalue weighted by Gasteiger charge is -1.93. The van der Waals surface area contributed by atoms with Gasteiger partial charge in [0.2, 0.25) is 0 Å². The fourth-order valence-electron chi connectivity index (χ4n) is 0.760. The Morgan fingerprint density at radius 1 is 1.27 bits per heavy atom. The fraction of sp³-hybridized carbons (Fsp3) is 0.364. The number of halogens is 1. The van der Waals surface area contributed by atoms with Crippen LogP contribution in [0.15, 0.2) is 30.3 Å². The van der Waals surface area contributed by atoms with E-state index < -0.39 is 0 Å². The van der Waals surface area contributed by atoms with Crippen LogP contribution in [0.3, 0.4) is 0 Å². The second kappa shape index (κ2) is 10.9. The lowest BCUT2D eigenvalue weighted by Crippen LogP contribution is -1.95. The Labute approximate surface area is 96.8 Å². The van der Waals surface area contributed by atoms with Crippen molar-refractivity contribution < 1.29 is 14.3 Å². The highest BCUT2D eigenvalue weighted by Crippen LogP contribution is 2.05. The summed E-state index contributed by atoms with van der Waals surface area (Å²) in [4.78, 5) is 9.82. The molecule has 1 rings (SSSR count). The molecule has 0 bridgehead atoms. The first-order valence-corrected chi connectivity index (χ1v) is 4.43. The molecule has 0 fully saturated rings. The van der Waals surface area contributed by atoms with Crippen LogP contribution in [0, 0.1) is 0 Å². The molecule has 15 heavy (non-hydrogen) atoms. The number of ether oxygens (including phenoxy) is 2. The highest BCUT2D eigenvalue weighted by molar-refractivity contribution is 5.85. The minimum atomic E-state index is -0.211. The van der Waals surface area contributed by atoms with Crippen molar-refractivity contribution in [3.05, 3.63) is 30.3 Å². The van der Waals surface area contributed by atoms with E-state index in [0.717, 1.165) is 5.75 Å². The molecule has 1 aromatic rings. The summed E-state index contributed by atoms with van der Waals surface area (Å²) >= 11 is 0. The maximum absolute atomic E-state index is 9.82. The molecule has 0 aliphatic carbocycles. The van der Waals surface area contributed by atoms with Gasteiger partial charge >= 0.3 is 5.97 Å². The van der Waals surface area contributed by atoms with Crippen LogP contribution >= 0.6 is 12.4 Å². The maximum atomic E-state index is 9.82. The monoisotopic (exact) mass is 232 g/mol. The molecule has 0 atom stereocenters. The standard InChI is InChI=1S/C7H8O.C4H8O2.ClH/c1-8-7-5-3-2-4-6-7;1-3-6-4(2)5;/h2-6H,1H3;3H2,1-2H3;1H. The van der Waals surface area contributed by atoms with Gasteiger partial charge in [-0.05, 0) is 19.1 Å². The van der Waals surface area contributed by atoms with Crippen molar-refractivity contribution in [2.75, 3.05) is 13.7 Å². The first-order valence-electron chi connectivity index (χ1n) is 4.43. The zero-order chi connectivity index (χ0) is 10.8. The highest BCUT2D eigenvalue weighted by Gasteiger charge is 1.81. The second-order valence-electron chi connectivity index (χ2n) is 2.44. The van der Waals surface area contributed by atoms with Crippen LogP contribution in [-0.2, 0) is 9.53 Å². The molecule has 86 valence electrons. The Balaban J connectivity index is 0. The van der Waals surface area contributed by atoms with Crippen LogP contribution in [0.5, 0.6) is 5.75 Å². The zero-order valence-electron chi connectivity index (χ0n) is 9.23.